The number of rotatable bonds is 7. The van der Waals surface area contributed by atoms with Crippen molar-refractivity contribution >= 4 is 48.9 Å². The Labute approximate surface area is 188 Å². The van der Waals surface area contributed by atoms with Gasteiger partial charge in [0.2, 0.25) is 0 Å². The number of nitrogens with zero attached hydrogens (tertiary/aromatic N) is 1. The van der Waals surface area contributed by atoms with Crippen LogP contribution in [0.1, 0.15) is 12.5 Å². The number of hydrogen-bond acceptors (Lipinski definition) is 5. The topological polar surface area (TPSA) is 77.4 Å². The fraction of sp³-hybridized carbons (Fsp3) is 0.136. The molecule has 0 saturated carbocycles. The average molecular weight is 475 g/mol. The van der Waals surface area contributed by atoms with Gasteiger partial charge in [0.25, 0.3) is 10.0 Å². The molecule has 0 unspecified atom stereocenters. The number of para-hydroxylation sites is 2. The highest BCUT2D eigenvalue weighted by Gasteiger charge is 2.19. The monoisotopic (exact) mass is 474 g/mol. The Morgan fingerprint density at radius 2 is 1.81 bits per heavy atom. The Balaban J connectivity index is 1.69. The van der Waals surface area contributed by atoms with Crippen LogP contribution in [0, 0.1) is 0 Å². The van der Waals surface area contributed by atoms with Crippen molar-refractivity contribution in [2.24, 2.45) is 0 Å². The molecule has 31 heavy (non-hydrogen) atoms. The fourth-order valence-electron chi connectivity index (χ4n) is 3.20. The molecule has 0 aliphatic heterocycles. The van der Waals surface area contributed by atoms with E-state index in [-0.39, 0.29) is 9.77 Å². The summed E-state index contributed by atoms with van der Waals surface area (Å²) in [6, 6.07) is 18.8. The van der Waals surface area contributed by atoms with Crippen LogP contribution in [0.15, 0.2) is 76.4 Å². The largest absolute Gasteiger partial charge is 0.492 e. The van der Waals surface area contributed by atoms with E-state index in [1.54, 1.807) is 41.0 Å². The zero-order valence-corrected chi connectivity index (χ0v) is 18.9. The predicted molar refractivity (Wildman–Crippen MR) is 125 cm³/mol. The van der Waals surface area contributed by atoms with Crippen molar-refractivity contribution in [1.82, 2.24) is 4.57 Å². The van der Waals surface area contributed by atoms with Crippen molar-refractivity contribution in [2.75, 3.05) is 11.3 Å². The zero-order valence-electron chi connectivity index (χ0n) is 16.5. The standard InChI is InChI=1S/C22H19ClN2O4S2/c1-2-29-20-10-6-5-9-18(20)24-31(27,28)16-11-12-19-21(13-16)30-22(26)25(19)14-15-7-3-4-8-17(15)23/h3-13,24H,2,14H2,1H3. The third-order valence-corrected chi connectivity index (χ3v) is 7.34. The Hall–Kier alpha value is -2.81. The molecule has 0 amide bonds. The van der Waals surface area contributed by atoms with E-state index in [2.05, 4.69) is 4.72 Å². The number of nitrogens with one attached hydrogen (secondary N) is 1. The van der Waals surface area contributed by atoms with E-state index < -0.39 is 10.0 Å². The molecule has 0 bridgehead atoms. The van der Waals surface area contributed by atoms with Gasteiger partial charge in [-0.1, -0.05) is 53.3 Å². The van der Waals surface area contributed by atoms with Crippen LogP contribution < -0.4 is 14.3 Å². The van der Waals surface area contributed by atoms with Crippen LogP contribution in [0.3, 0.4) is 0 Å². The van der Waals surface area contributed by atoms with E-state index in [0.717, 1.165) is 16.9 Å². The van der Waals surface area contributed by atoms with E-state index in [9.17, 15) is 13.2 Å². The van der Waals surface area contributed by atoms with Gasteiger partial charge in [-0.05, 0) is 48.9 Å². The molecule has 4 aromatic rings. The molecular weight excluding hydrogens is 456 g/mol. The van der Waals surface area contributed by atoms with Gasteiger partial charge in [-0.25, -0.2) is 8.42 Å². The Bertz CT molecular complexity index is 1410. The molecule has 0 spiro atoms. The maximum Gasteiger partial charge on any atom is 0.308 e. The molecule has 0 fully saturated rings. The summed E-state index contributed by atoms with van der Waals surface area (Å²) in [4.78, 5) is 12.5. The average Bonchev–Trinajstić information content (AvgIpc) is 3.05. The fourth-order valence-corrected chi connectivity index (χ4v) is 5.49. The lowest BCUT2D eigenvalue weighted by Gasteiger charge is -2.13. The van der Waals surface area contributed by atoms with Crippen molar-refractivity contribution in [3.05, 3.63) is 87.0 Å². The molecule has 6 nitrogen and oxygen atoms in total. The highest BCUT2D eigenvalue weighted by atomic mass is 35.5. The van der Waals surface area contributed by atoms with Crippen LogP contribution in [0.25, 0.3) is 10.2 Å². The summed E-state index contributed by atoms with van der Waals surface area (Å²) in [6.45, 7) is 2.55. The highest BCUT2D eigenvalue weighted by Crippen LogP contribution is 2.29. The lowest BCUT2D eigenvalue weighted by Crippen LogP contribution is -2.14. The van der Waals surface area contributed by atoms with Crippen LogP contribution in [0.2, 0.25) is 5.02 Å². The minimum atomic E-state index is -3.87. The number of fused-ring (bicyclic) bond motifs is 1. The van der Waals surface area contributed by atoms with Gasteiger partial charge in [0.05, 0.1) is 34.0 Å². The van der Waals surface area contributed by atoms with Crippen LogP contribution >= 0.6 is 22.9 Å². The first-order valence-corrected chi connectivity index (χ1v) is 12.2. The highest BCUT2D eigenvalue weighted by molar-refractivity contribution is 7.92. The second kappa shape index (κ2) is 8.74. The zero-order chi connectivity index (χ0) is 22.0. The molecule has 1 N–H and O–H groups in total. The molecule has 4 rings (SSSR count). The number of thiazole rings is 1. The Morgan fingerprint density at radius 3 is 2.58 bits per heavy atom. The Kier molecular flexibility index (Phi) is 6.04. The first-order valence-electron chi connectivity index (χ1n) is 9.50. The van der Waals surface area contributed by atoms with E-state index >= 15 is 0 Å². The lowest BCUT2D eigenvalue weighted by atomic mass is 10.2. The summed E-state index contributed by atoms with van der Waals surface area (Å²) < 4.78 is 36.2. The van der Waals surface area contributed by atoms with Crippen LogP contribution in [-0.4, -0.2) is 19.6 Å². The van der Waals surface area contributed by atoms with E-state index in [1.165, 1.54) is 12.1 Å². The summed E-state index contributed by atoms with van der Waals surface area (Å²) >= 11 is 7.23. The molecule has 0 aliphatic carbocycles. The molecule has 3 aromatic carbocycles. The van der Waals surface area contributed by atoms with Gasteiger partial charge in [0.1, 0.15) is 5.75 Å². The number of benzene rings is 3. The van der Waals surface area contributed by atoms with Crippen molar-refractivity contribution in [3.8, 4) is 5.75 Å². The minimum absolute atomic E-state index is 0.0671. The molecule has 1 aromatic heterocycles. The van der Waals surface area contributed by atoms with Crippen molar-refractivity contribution in [2.45, 2.75) is 18.4 Å². The summed E-state index contributed by atoms with van der Waals surface area (Å²) in [5, 5.41) is 0.574. The van der Waals surface area contributed by atoms with Gasteiger partial charge in [0.15, 0.2) is 0 Å². The van der Waals surface area contributed by atoms with E-state index in [4.69, 9.17) is 16.3 Å². The number of anilines is 1. The van der Waals surface area contributed by atoms with E-state index in [0.29, 0.717) is 39.8 Å². The quantitative estimate of drug-likeness (QED) is 0.410. The van der Waals surface area contributed by atoms with Crippen molar-refractivity contribution in [1.29, 1.82) is 0 Å². The molecule has 9 heteroatoms. The summed E-state index contributed by atoms with van der Waals surface area (Å²) in [7, 11) is -3.87. The van der Waals surface area contributed by atoms with Gasteiger partial charge < -0.3 is 4.74 Å². The normalized spacial score (nSPS) is 11.5. The van der Waals surface area contributed by atoms with Crippen molar-refractivity contribution in [3.63, 3.8) is 0 Å². The summed E-state index contributed by atoms with van der Waals surface area (Å²) in [5.74, 6) is 0.449. The van der Waals surface area contributed by atoms with E-state index in [1.807, 2.05) is 25.1 Å². The Morgan fingerprint density at radius 1 is 1.06 bits per heavy atom. The molecular formula is C22H19ClN2O4S2. The van der Waals surface area contributed by atoms with Gasteiger partial charge in [-0.2, -0.15) is 0 Å². The molecule has 0 atom stereocenters. The third kappa shape index (κ3) is 4.46. The first-order chi connectivity index (χ1) is 14.9. The molecule has 1 heterocycles. The SMILES string of the molecule is CCOc1ccccc1NS(=O)(=O)c1ccc2c(c1)sc(=O)n2Cc1ccccc1Cl. The second-order valence-corrected chi connectivity index (χ2v) is 9.79. The van der Waals surface area contributed by atoms with Crippen molar-refractivity contribution < 1.29 is 13.2 Å². The lowest BCUT2D eigenvalue weighted by molar-refractivity contribution is 0.342. The van der Waals surface area contributed by atoms with Gasteiger partial charge in [0, 0.05) is 5.02 Å². The molecule has 0 aliphatic rings. The number of aromatic nitrogens is 1. The second-order valence-electron chi connectivity index (χ2n) is 6.71. The number of hydrogen-bond donors (Lipinski definition) is 1. The van der Waals surface area contributed by atoms with Gasteiger partial charge in [-0.15, -0.1) is 0 Å². The summed E-state index contributed by atoms with van der Waals surface area (Å²) in [5.41, 5.74) is 1.83. The smallest absolute Gasteiger partial charge is 0.308 e. The molecule has 160 valence electrons. The summed E-state index contributed by atoms with van der Waals surface area (Å²) in [6.07, 6.45) is 0. The number of ether oxygens (including phenoxy) is 1. The van der Waals surface area contributed by atoms with Gasteiger partial charge in [-0.3, -0.25) is 14.1 Å². The number of sulfonamides is 1. The van der Waals surface area contributed by atoms with Gasteiger partial charge >= 0.3 is 4.87 Å². The van der Waals surface area contributed by atoms with Crippen LogP contribution in [0.4, 0.5) is 5.69 Å². The third-order valence-electron chi connectivity index (χ3n) is 4.67. The molecule has 0 radical (unpaired) electrons. The molecule has 0 saturated heterocycles. The van der Waals surface area contributed by atoms with Crippen LogP contribution in [0.5, 0.6) is 5.75 Å². The maximum absolute atomic E-state index is 13.0. The van der Waals surface area contributed by atoms with Crippen LogP contribution in [-0.2, 0) is 16.6 Å². The minimum Gasteiger partial charge on any atom is -0.492 e. The first kappa shape index (κ1) is 21.4. The number of halogens is 1. The predicted octanol–water partition coefficient (Wildman–Crippen LogP) is 4.96. The maximum atomic E-state index is 13.0.